The lowest BCUT2D eigenvalue weighted by molar-refractivity contribution is 1.08. The van der Waals surface area contributed by atoms with E-state index in [1.54, 1.807) is 0 Å². The van der Waals surface area contributed by atoms with E-state index in [1.165, 1.54) is 0 Å². The Balaban J connectivity index is 2.22. The number of nitrogens with two attached hydrogens (primary N) is 1. The number of benzene rings is 1. The fraction of sp³-hybridized carbons (Fsp3) is 0.214. The van der Waals surface area contributed by atoms with Crippen LogP contribution in [-0.4, -0.2) is 15.0 Å². The first kappa shape index (κ1) is 11.0. The van der Waals surface area contributed by atoms with Crippen molar-refractivity contribution in [2.45, 2.75) is 20.4 Å². The lowest BCUT2D eigenvalue weighted by Gasteiger charge is -1.98. The van der Waals surface area contributed by atoms with Gasteiger partial charge in [0.25, 0.3) is 0 Å². The van der Waals surface area contributed by atoms with Crippen molar-refractivity contribution in [3.05, 3.63) is 41.3 Å². The zero-order valence-electron chi connectivity index (χ0n) is 10.5. The maximum Gasteiger partial charge on any atom is 0.139 e. The van der Waals surface area contributed by atoms with E-state index in [2.05, 4.69) is 27.1 Å². The fourth-order valence-electron chi connectivity index (χ4n) is 2.17. The molecule has 0 aliphatic rings. The molecule has 4 nitrogen and oxygen atoms in total. The highest BCUT2D eigenvalue weighted by molar-refractivity contribution is 5.94. The second kappa shape index (κ2) is 3.99. The van der Waals surface area contributed by atoms with E-state index in [9.17, 15) is 0 Å². The molecule has 0 bridgehead atoms. The third-order valence-corrected chi connectivity index (χ3v) is 3.37. The molecule has 92 valence electrons. The Morgan fingerprint density at radius 3 is 2.78 bits per heavy atom. The van der Waals surface area contributed by atoms with Crippen LogP contribution in [-0.2, 0) is 6.54 Å². The van der Waals surface area contributed by atoms with Crippen LogP contribution < -0.4 is 5.73 Å². The number of hydrogen-bond donors (Lipinski definition) is 3. The Hall–Kier alpha value is -2.07. The molecule has 0 spiro atoms. The third kappa shape index (κ3) is 1.62. The Labute approximate surface area is 105 Å². The van der Waals surface area contributed by atoms with E-state index in [0.29, 0.717) is 6.54 Å². The Morgan fingerprint density at radius 2 is 2.11 bits per heavy atom. The van der Waals surface area contributed by atoms with Crippen LogP contribution in [0, 0.1) is 13.8 Å². The first-order valence-corrected chi connectivity index (χ1v) is 6.02. The SMILES string of the molecule is Cc1nc(-c2c[nH]c3ccc(CN)cc23)[nH]c1C. The molecule has 4 N–H and O–H groups in total. The molecule has 18 heavy (non-hydrogen) atoms. The van der Waals surface area contributed by atoms with Gasteiger partial charge in [0.05, 0.1) is 5.69 Å². The molecule has 4 heteroatoms. The minimum atomic E-state index is 0.552. The summed E-state index contributed by atoms with van der Waals surface area (Å²) in [7, 11) is 0. The molecule has 1 aromatic carbocycles. The first-order chi connectivity index (χ1) is 8.69. The Morgan fingerprint density at radius 1 is 1.28 bits per heavy atom. The predicted octanol–water partition coefficient (Wildman–Crippen LogP) is 2.63. The third-order valence-electron chi connectivity index (χ3n) is 3.37. The standard InChI is InChI=1S/C14H16N4/c1-8-9(2)18-14(17-8)12-7-16-13-4-3-10(6-15)5-11(12)13/h3-5,7,16H,6,15H2,1-2H3,(H,17,18). The van der Waals surface area contributed by atoms with Crippen LogP contribution in [0.3, 0.4) is 0 Å². The van der Waals surface area contributed by atoms with Gasteiger partial charge in [-0.05, 0) is 31.5 Å². The number of aryl methyl sites for hydroxylation is 2. The van der Waals surface area contributed by atoms with Crippen LogP contribution in [0.4, 0.5) is 0 Å². The first-order valence-electron chi connectivity index (χ1n) is 6.02. The zero-order valence-corrected chi connectivity index (χ0v) is 10.5. The smallest absolute Gasteiger partial charge is 0.139 e. The molecule has 0 aliphatic carbocycles. The summed E-state index contributed by atoms with van der Waals surface area (Å²) in [5.41, 5.74) is 11.2. The zero-order chi connectivity index (χ0) is 12.7. The summed E-state index contributed by atoms with van der Waals surface area (Å²) in [5.74, 6) is 0.908. The highest BCUT2D eigenvalue weighted by Crippen LogP contribution is 2.28. The highest BCUT2D eigenvalue weighted by atomic mass is 14.9. The molecule has 2 aromatic heterocycles. The average molecular weight is 240 g/mol. The van der Waals surface area contributed by atoms with Crippen LogP contribution >= 0.6 is 0 Å². The maximum atomic E-state index is 5.69. The molecule has 0 fully saturated rings. The Kier molecular flexibility index (Phi) is 2.45. The quantitative estimate of drug-likeness (QED) is 0.644. The number of aromatic amines is 2. The second-order valence-electron chi connectivity index (χ2n) is 4.58. The van der Waals surface area contributed by atoms with Crippen molar-refractivity contribution in [1.82, 2.24) is 15.0 Å². The molecular formula is C14H16N4. The summed E-state index contributed by atoms with van der Waals surface area (Å²) in [4.78, 5) is 11.1. The van der Waals surface area contributed by atoms with Gasteiger partial charge in [-0.25, -0.2) is 4.98 Å². The van der Waals surface area contributed by atoms with E-state index < -0.39 is 0 Å². The molecule has 0 saturated heterocycles. The summed E-state index contributed by atoms with van der Waals surface area (Å²) in [6.45, 7) is 4.60. The number of aromatic nitrogens is 3. The van der Waals surface area contributed by atoms with Crippen molar-refractivity contribution in [3.8, 4) is 11.4 Å². The average Bonchev–Trinajstić information content (AvgIpc) is 2.93. The highest BCUT2D eigenvalue weighted by Gasteiger charge is 2.10. The molecule has 0 amide bonds. The van der Waals surface area contributed by atoms with Gasteiger partial charge in [0.15, 0.2) is 0 Å². The minimum absolute atomic E-state index is 0.552. The summed E-state index contributed by atoms with van der Waals surface area (Å²) >= 11 is 0. The van der Waals surface area contributed by atoms with Gasteiger partial charge in [-0.2, -0.15) is 0 Å². The fourth-order valence-corrected chi connectivity index (χ4v) is 2.17. The van der Waals surface area contributed by atoms with E-state index in [0.717, 1.165) is 39.2 Å². The van der Waals surface area contributed by atoms with Gasteiger partial charge in [-0.15, -0.1) is 0 Å². The van der Waals surface area contributed by atoms with E-state index >= 15 is 0 Å². The van der Waals surface area contributed by atoms with Gasteiger partial charge >= 0.3 is 0 Å². The van der Waals surface area contributed by atoms with Crippen LogP contribution in [0.25, 0.3) is 22.3 Å². The normalized spacial score (nSPS) is 11.3. The topological polar surface area (TPSA) is 70.5 Å². The molecular weight excluding hydrogens is 224 g/mol. The lowest BCUT2D eigenvalue weighted by atomic mass is 10.1. The van der Waals surface area contributed by atoms with Gasteiger partial charge in [0.1, 0.15) is 5.82 Å². The number of rotatable bonds is 2. The molecule has 0 saturated carbocycles. The number of fused-ring (bicyclic) bond motifs is 1. The van der Waals surface area contributed by atoms with E-state index in [4.69, 9.17) is 5.73 Å². The summed E-state index contributed by atoms with van der Waals surface area (Å²) in [6, 6.07) is 6.22. The molecule has 0 radical (unpaired) electrons. The van der Waals surface area contributed by atoms with Gasteiger partial charge in [-0.1, -0.05) is 6.07 Å². The number of nitrogens with one attached hydrogen (secondary N) is 2. The summed E-state index contributed by atoms with van der Waals surface area (Å²) in [5, 5.41) is 1.16. The summed E-state index contributed by atoms with van der Waals surface area (Å²) in [6.07, 6.45) is 1.99. The van der Waals surface area contributed by atoms with E-state index in [1.807, 2.05) is 26.1 Å². The van der Waals surface area contributed by atoms with Crippen LogP contribution in [0.5, 0.6) is 0 Å². The van der Waals surface area contributed by atoms with Crippen molar-refractivity contribution < 1.29 is 0 Å². The maximum absolute atomic E-state index is 5.69. The van der Waals surface area contributed by atoms with Gasteiger partial charge in [0, 0.05) is 34.9 Å². The minimum Gasteiger partial charge on any atom is -0.360 e. The van der Waals surface area contributed by atoms with E-state index in [-0.39, 0.29) is 0 Å². The molecule has 0 atom stereocenters. The van der Waals surface area contributed by atoms with Crippen LogP contribution in [0.15, 0.2) is 24.4 Å². The predicted molar refractivity (Wildman–Crippen MR) is 73.2 cm³/mol. The number of hydrogen-bond acceptors (Lipinski definition) is 2. The molecule has 3 aromatic rings. The molecule has 3 rings (SSSR count). The van der Waals surface area contributed by atoms with Crippen LogP contribution in [0.2, 0.25) is 0 Å². The number of imidazole rings is 1. The van der Waals surface area contributed by atoms with Gasteiger partial charge in [-0.3, -0.25) is 0 Å². The van der Waals surface area contributed by atoms with Crippen molar-refractivity contribution in [2.24, 2.45) is 5.73 Å². The second-order valence-corrected chi connectivity index (χ2v) is 4.58. The van der Waals surface area contributed by atoms with Crippen molar-refractivity contribution in [3.63, 3.8) is 0 Å². The lowest BCUT2D eigenvalue weighted by Crippen LogP contribution is -1.95. The van der Waals surface area contributed by atoms with Crippen molar-refractivity contribution in [1.29, 1.82) is 0 Å². The Bertz CT molecular complexity index is 686. The van der Waals surface area contributed by atoms with Gasteiger partial charge in [0.2, 0.25) is 0 Å². The number of nitrogens with zero attached hydrogens (tertiary/aromatic N) is 1. The monoisotopic (exact) mass is 240 g/mol. The van der Waals surface area contributed by atoms with Crippen molar-refractivity contribution >= 4 is 10.9 Å². The molecule has 0 unspecified atom stereocenters. The number of H-pyrrole nitrogens is 2. The van der Waals surface area contributed by atoms with Gasteiger partial charge < -0.3 is 15.7 Å². The molecule has 0 aliphatic heterocycles. The molecule has 2 heterocycles. The van der Waals surface area contributed by atoms with Crippen LogP contribution in [0.1, 0.15) is 17.0 Å². The van der Waals surface area contributed by atoms with Crippen molar-refractivity contribution in [2.75, 3.05) is 0 Å². The largest absolute Gasteiger partial charge is 0.360 e. The summed E-state index contributed by atoms with van der Waals surface area (Å²) < 4.78 is 0.